The van der Waals surface area contributed by atoms with E-state index in [1.165, 1.54) is 6.92 Å². The van der Waals surface area contributed by atoms with Crippen LogP contribution in [0.15, 0.2) is 24.8 Å². The van der Waals surface area contributed by atoms with Crippen molar-refractivity contribution >= 4 is 18.6 Å². The Balaban J connectivity index is 0. The minimum Gasteiger partial charge on any atom is -0.478 e. The first-order chi connectivity index (χ1) is 4.56. The molecule has 0 amide bonds. The van der Waals surface area contributed by atoms with E-state index >= 15 is 0 Å². The van der Waals surface area contributed by atoms with Gasteiger partial charge < -0.3 is 5.11 Å². The summed E-state index contributed by atoms with van der Waals surface area (Å²) in [5.74, 6) is -0.157. The second kappa shape index (κ2) is 8.30. The molecule has 58 valence electrons. The number of carbonyl (C=O) groups is 1. The highest BCUT2D eigenvalue weighted by Crippen LogP contribution is 1.81. The molecule has 0 saturated heterocycles. The van der Waals surface area contributed by atoms with Crippen LogP contribution in [0.25, 0.3) is 0 Å². The van der Waals surface area contributed by atoms with Crippen LogP contribution < -0.4 is 0 Å². The van der Waals surface area contributed by atoms with Crippen molar-refractivity contribution in [2.45, 2.75) is 6.92 Å². The first kappa shape index (κ1) is 12.0. The van der Waals surface area contributed by atoms with Crippen LogP contribution in [0, 0.1) is 0 Å². The maximum absolute atomic E-state index is 9.60. The first-order valence-electron chi connectivity index (χ1n) is 2.66. The second-order valence-corrected chi connectivity index (χ2v) is 1.92. The summed E-state index contributed by atoms with van der Waals surface area (Å²) in [6.07, 6.45) is 1.74. The summed E-state index contributed by atoms with van der Waals surface area (Å²) in [5.41, 5.74) is 0.176. The third-order valence-electron chi connectivity index (χ3n) is 0.494. The number of hydrogen-bond donors (Lipinski definition) is 2. The van der Waals surface area contributed by atoms with Crippen LogP contribution in [0.5, 0.6) is 0 Å². The molecule has 0 rings (SSSR count). The zero-order valence-corrected chi connectivity index (χ0v) is 6.90. The van der Waals surface area contributed by atoms with E-state index in [-0.39, 0.29) is 5.57 Å². The number of rotatable bonds is 2. The summed E-state index contributed by atoms with van der Waals surface area (Å²) in [6.45, 7) is 8.00. The Kier molecular flexibility index (Phi) is 9.98. The Bertz CT molecular complexity index is 118. The quantitative estimate of drug-likeness (QED) is 0.367. The molecule has 0 saturated carbocycles. The van der Waals surface area contributed by atoms with Crippen molar-refractivity contribution in [3.05, 3.63) is 24.8 Å². The molecule has 0 fully saturated rings. The normalized spacial score (nSPS) is 7.00. The van der Waals surface area contributed by atoms with E-state index in [0.29, 0.717) is 0 Å². The topological polar surface area (TPSA) is 37.3 Å². The molecule has 0 atom stereocenters. The summed E-state index contributed by atoms with van der Waals surface area (Å²) in [5, 5.41) is 7.89. The Morgan fingerprint density at radius 2 is 2.00 bits per heavy atom. The van der Waals surface area contributed by atoms with Gasteiger partial charge in [0.25, 0.3) is 0 Å². The van der Waals surface area contributed by atoms with Gasteiger partial charge in [-0.2, -0.15) is 12.6 Å². The Hall–Kier alpha value is -0.700. The molecule has 0 spiro atoms. The van der Waals surface area contributed by atoms with Crippen molar-refractivity contribution in [3.8, 4) is 0 Å². The van der Waals surface area contributed by atoms with Crippen molar-refractivity contribution in [3.63, 3.8) is 0 Å². The molecule has 0 bridgehead atoms. The number of thiol groups is 1. The minimum absolute atomic E-state index is 0.176. The van der Waals surface area contributed by atoms with Crippen LogP contribution in [-0.2, 0) is 4.79 Å². The van der Waals surface area contributed by atoms with E-state index < -0.39 is 5.97 Å². The molecule has 0 heterocycles. The smallest absolute Gasteiger partial charge is 0.330 e. The van der Waals surface area contributed by atoms with Crippen molar-refractivity contribution in [1.29, 1.82) is 0 Å². The molecule has 0 aliphatic rings. The highest BCUT2D eigenvalue weighted by Gasteiger charge is 1.90. The summed E-state index contributed by atoms with van der Waals surface area (Å²) in [6, 6.07) is 0. The molecule has 2 nitrogen and oxygen atoms in total. The fourth-order valence-electron chi connectivity index (χ4n) is 0. The molecule has 0 aromatic heterocycles. The van der Waals surface area contributed by atoms with E-state index in [2.05, 4.69) is 25.8 Å². The van der Waals surface area contributed by atoms with Gasteiger partial charge in [-0.15, -0.1) is 6.58 Å². The SMILES string of the molecule is C=C(C)C(=O)O.C=CCS. The van der Waals surface area contributed by atoms with Crippen LogP contribution in [0.2, 0.25) is 0 Å². The largest absolute Gasteiger partial charge is 0.478 e. The van der Waals surface area contributed by atoms with Gasteiger partial charge >= 0.3 is 5.97 Å². The van der Waals surface area contributed by atoms with Gasteiger partial charge in [-0.3, -0.25) is 0 Å². The molecular weight excluding hydrogens is 148 g/mol. The summed E-state index contributed by atoms with van der Waals surface area (Å²) in [4.78, 5) is 9.60. The predicted molar refractivity (Wildman–Crippen MR) is 46.5 cm³/mol. The van der Waals surface area contributed by atoms with Crippen molar-refractivity contribution in [2.75, 3.05) is 5.75 Å². The lowest BCUT2D eigenvalue weighted by molar-refractivity contribution is -0.132. The number of carboxylic acids is 1. The molecule has 0 aliphatic heterocycles. The molecular formula is C7H12O2S. The number of hydrogen-bond acceptors (Lipinski definition) is 2. The molecule has 0 aromatic carbocycles. The van der Waals surface area contributed by atoms with Crippen molar-refractivity contribution in [2.24, 2.45) is 0 Å². The molecule has 10 heavy (non-hydrogen) atoms. The predicted octanol–water partition coefficient (Wildman–Crippen LogP) is 1.75. The lowest BCUT2D eigenvalue weighted by Crippen LogP contribution is -1.92. The maximum Gasteiger partial charge on any atom is 0.330 e. The molecule has 0 radical (unpaired) electrons. The summed E-state index contributed by atoms with van der Waals surface area (Å²) < 4.78 is 0. The minimum atomic E-state index is -0.935. The van der Waals surface area contributed by atoms with Crippen molar-refractivity contribution in [1.82, 2.24) is 0 Å². The summed E-state index contributed by atoms with van der Waals surface area (Å²) in [7, 11) is 0. The van der Waals surface area contributed by atoms with Gasteiger partial charge in [0.15, 0.2) is 0 Å². The molecule has 0 unspecified atom stereocenters. The van der Waals surface area contributed by atoms with Crippen LogP contribution in [0.4, 0.5) is 0 Å². The van der Waals surface area contributed by atoms with Gasteiger partial charge in [0.05, 0.1) is 0 Å². The van der Waals surface area contributed by atoms with Crippen LogP contribution in [0.1, 0.15) is 6.92 Å². The third-order valence-corrected chi connectivity index (χ3v) is 0.752. The number of aliphatic carboxylic acids is 1. The average Bonchev–Trinajstić information content (AvgIpc) is 1.89. The van der Waals surface area contributed by atoms with Crippen LogP contribution in [0.3, 0.4) is 0 Å². The third kappa shape index (κ3) is 15.7. The first-order valence-corrected chi connectivity index (χ1v) is 3.30. The van der Waals surface area contributed by atoms with Crippen LogP contribution in [-0.4, -0.2) is 16.8 Å². The number of carboxylic acid groups (broad SMARTS) is 1. The Morgan fingerprint density at radius 3 is 2.00 bits per heavy atom. The van der Waals surface area contributed by atoms with Gasteiger partial charge in [0.1, 0.15) is 0 Å². The van der Waals surface area contributed by atoms with E-state index in [1.807, 2.05) is 0 Å². The van der Waals surface area contributed by atoms with E-state index in [1.54, 1.807) is 6.08 Å². The van der Waals surface area contributed by atoms with Crippen LogP contribution >= 0.6 is 12.6 Å². The Labute approximate surface area is 66.7 Å². The monoisotopic (exact) mass is 160 g/mol. The van der Waals surface area contributed by atoms with E-state index in [9.17, 15) is 4.79 Å². The van der Waals surface area contributed by atoms with E-state index in [0.717, 1.165) is 5.75 Å². The zero-order chi connectivity index (χ0) is 8.57. The van der Waals surface area contributed by atoms with E-state index in [4.69, 9.17) is 5.11 Å². The average molecular weight is 160 g/mol. The lowest BCUT2D eigenvalue weighted by atomic mass is 10.4. The molecule has 1 N–H and O–H groups in total. The zero-order valence-electron chi connectivity index (χ0n) is 6.00. The van der Waals surface area contributed by atoms with Crippen molar-refractivity contribution < 1.29 is 9.90 Å². The highest BCUT2D eigenvalue weighted by molar-refractivity contribution is 7.80. The highest BCUT2D eigenvalue weighted by atomic mass is 32.1. The fourth-order valence-corrected chi connectivity index (χ4v) is 0. The van der Waals surface area contributed by atoms with Gasteiger partial charge in [0.2, 0.25) is 0 Å². The van der Waals surface area contributed by atoms with Gasteiger partial charge in [-0.1, -0.05) is 12.7 Å². The molecule has 3 heteroatoms. The summed E-state index contributed by atoms with van der Waals surface area (Å²) >= 11 is 3.80. The lowest BCUT2D eigenvalue weighted by Gasteiger charge is -1.79. The maximum atomic E-state index is 9.60. The second-order valence-electron chi connectivity index (χ2n) is 1.56. The van der Waals surface area contributed by atoms with Gasteiger partial charge in [0, 0.05) is 11.3 Å². The molecule has 0 aromatic rings. The van der Waals surface area contributed by atoms with Gasteiger partial charge in [-0.25, -0.2) is 4.79 Å². The fraction of sp³-hybridized carbons (Fsp3) is 0.286. The van der Waals surface area contributed by atoms with Gasteiger partial charge in [-0.05, 0) is 6.92 Å². The molecule has 0 aliphatic carbocycles. The Morgan fingerprint density at radius 1 is 1.80 bits per heavy atom. The standard InChI is InChI=1S/C4H6O2.C3H6S/c1-3(2)4(5)6;1-2-3-4/h1H2,2H3,(H,5,6);2,4H,1,3H2.